The first-order chi connectivity index (χ1) is 10.5. The van der Waals surface area contributed by atoms with Crippen LogP contribution in [0.2, 0.25) is 0 Å². The van der Waals surface area contributed by atoms with Crippen molar-refractivity contribution in [3.8, 4) is 0 Å². The van der Waals surface area contributed by atoms with Gasteiger partial charge >= 0.3 is 24.3 Å². The third-order valence-corrected chi connectivity index (χ3v) is 3.02. The minimum Gasteiger partial charge on any atom is -0.459 e. The van der Waals surface area contributed by atoms with Crippen LogP contribution in [-0.4, -0.2) is 36.5 Å². The Morgan fingerprint density at radius 1 is 0.870 bits per heavy atom. The summed E-state index contributed by atoms with van der Waals surface area (Å²) in [7, 11) is 0. The van der Waals surface area contributed by atoms with E-state index < -0.39 is 30.4 Å². The average molecular weight is 348 g/mol. The van der Waals surface area contributed by atoms with Gasteiger partial charge in [-0.15, -0.1) is 0 Å². The molecule has 1 aliphatic carbocycles. The monoisotopic (exact) mass is 348 g/mol. The molecule has 0 aromatic carbocycles. The summed E-state index contributed by atoms with van der Waals surface area (Å²) in [6.45, 7) is 0. The van der Waals surface area contributed by atoms with Gasteiger partial charge in [0.05, 0.1) is 0 Å². The van der Waals surface area contributed by atoms with Crippen molar-refractivity contribution in [3.05, 3.63) is 12.2 Å². The van der Waals surface area contributed by atoms with Gasteiger partial charge in [-0.1, -0.05) is 6.42 Å². The highest BCUT2D eigenvalue weighted by molar-refractivity contribution is 5.91. The Balaban J connectivity index is 2.54. The van der Waals surface area contributed by atoms with Gasteiger partial charge < -0.3 is 9.47 Å². The number of ether oxygens (including phenoxy) is 2. The second kappa shape index (κ2) is 7.69. The zero-order valence-corrected chi connectivity index (χ0v) is 11.7. The van der Waals surface area contributed by atoms with Gasteiger partial charge in [0.15, 0.2) is 0 Å². The van der Waals surface area contributed by atoms with Gasteiger partial charge in [-0.25, -0.2) is 9.59 Å². The molecule has 0 heterocycles. The standard InChI is InChI=1S/C13H14F6O4/c14-12(15,16)11(13(17,18)19)23-10(21)7-6-9(20)22-8-4-2-1-3-5-8/h6-8,11H,1-5H2. The van der Waals surface area contributed by atoms with Gasteiger partial charge in [-0.3, -0.25) is 0 Å². The maximum Gasteiger partial charge on any atom is 0.434 e. The molecule has 1 saturated carbocycles. The highest BCUT2D eigenvalue weighted by Gasteiger charge is 2.59. The summed E-state index contributed by atoms with van der Waals surface area (Å²) in [5.41, 5.74) is 0. The number of rotatable bonds is 4. The predicted molar refractivity (Wildman–Crippen MR) is 64.1 cm³/mol. The molecule has 1 fully saturated rings. The van der Waals surface area contributed by atoms with Crippen molar-refractivity contribution in [1.29, 1.82) is 0 Å². The van der Waals surface area contributed by atoms with Crippen molar-refractivity contribution in [2.45, 2.75) is 56.7 Å². The fourth-order valence-corrected chi connectivity index (χ4v) is 2.00. The molecule has 23 heavy (non-hydrogen) atoms. The SMILES string of the molecule is O=C(C=CC(=O)OC(C(F)(F)F)C(F)(F)F)OC1CCCCC1. The second-order valence-corrected chi connectivity index (χ2v) is 4.93. The van der Waals surface area contributed by atoms with E-state index in [2.05, 4.69) is 4.74 Å². The van der Waals surface area contributed by atoms with Crippen LogP contribution in [-0.2, 0) is 19.1 Å². The quantitative estimate of drug-likeness (QED) is 0.444. The Labute approximate surface area is 127 Å². The summed E-state index contributed by atoms with van der Waals surface area (Å²) in [5, 5.41) is 0. The number of hydrogen-bond acceptors (Lipinski definition) is 4. The molecule has 4 nitrogen and oxygen atoms in total. The Kier molecular flexibility index (Phi) is 6.46. The van der Waals surface area contributed by atoms with Crippen molar-refractivity contribution >= 4 is 11.9 Å². The number of carbonyl (C=O) groups excluding carboxylic acids is 2. The summed E-state index contributed by atoms with van der Waals surface area (Å²) in [5.74, 6) is -2.96. The molecule has 0 amide bonds. The topological polar surface area (TPSA) is 52.6 Å². The van der Waals surface area contributed by atoms with Gasteiger partial charge in [0.1, 0.15) is 6.10 Å². The second-order valence-electron chi connectivity index (χ2n) is 4.93. The highest BCUT2D eigenvalue weighted by atomic mass is 19.4. The number of hydrogen-bond donors (Lipinski definition) is 0. The fraction of sp³-hybridized carbons (Fsp3) is 0.692. The summed E-state index contributed by atoms with van der Waals surface area (Å²) in [6, 6.07) is 0. The molecule has 1 rings (SSSR count). The first kappa shape index (κ1) is 19.3. The molecule has 0 N–H and O–H groups in total. The van der Waals surface area contributed by atoms with Gasteiger partial charge in [0.25, 0.3) is 6.10 Å². The van der Waals surface area contributed by atoms with E-state index in [0.29, 0.717) is 18.9 Å². The first-order valence-corrected chi connectivity index (χ1v) is 6.73. The molecule has 0 aromatic heterocycles. The van der Waals surface area contributed by atoms with E-state index in [1.54, 1.807) is 0 Å². The lowest BCUT2D eigenvalue weighted by molar-refractivity contribution is -0.312. The van der Waals surface area contributed by atoms with Crippen molar-refractivity contribution in [3.63, 3.8) is 0 Å². The van der Waals surface area contributed by atoms with Crippen molar-refractivity contribution in [2.75, 3.05) is 0 Å². The van der Waals surface area contributed by atoms with E-state index in [0.717, 1.165) is 19.3 Å². The molecule has 10 heteroatoms. The lowest BCUT2D eigenvalue weighted by Crippen LogP contribution is -2.45. The third kappa shape index (κ3) is 6.91. The average Bonchev–Trinajstić information content (AvgIpc) is 2.41. The smallest absolute Gasteiger partial charge is 0.434 e. The molecule has 0 bridgehead atoms. The minimum absolute atomic E-state index is 0.176. The minimum atomic E-state index is -5.80. The van der Waals surface area contributed by atoms with Crippen LogP contribution in [0, 0.1) is 0 Å². The van der Waals surface area contributed by atoms with Crippen LogP contribution >= 0.6 is 0 Å². The molecule has 0 aromatic rings. The van der Waals surface area contributed by atoms with Crippen LogP contribution in [0.25, 0.3) is 0 Å². The summed E-state index contributed by atoms with van der Waals surface area (Å²) in [4.78, 5) is 22.4. The number of alkyl halides is 6. The molecule has 1 aliphatic rings. The third-order valence-electron chi connectivity index (χ3n) is 3.02. The Bertz CT molecular complexity index is 434. The number of carbonyl (C=O) groups is 2. The van der Waals surface area contributed by atoms with Crippen molar-refractivity contribution in [1.82, 2.24) is 0 Å². The maximum atomic E-state index is 12.2. The van der Waals surface area contributed by atoms with E-state index in [1.165, 1.54) is 0 Å². The Morgan fingerprint density at radius 3 is 1.83 bits per heavy atom. The van der Waals surface area contributed by atoms with Gasteiger partial charge in [0.2, 0.25) is 0 Å². The van der Waals surface area contributed by atoms with E-state index in [4.69, 9.17) is 4.74 Å². The molecule has 0 aliphatic heterocycles. The maximum absolute atomic E-state index is 12.2. The summed E-state index contributed by atoms with van der Waals surface area (Å²) >= 11 is 0. The summed E-state index contributed by atoms with van der Waals surface area (Å²) in [6.07, 6.45) is -11.7. The van der Waals surface area contributed by atoms with E-state index in [-0.39, 0.29) is 12.2 Å². The number of halogens is 6. The van der Waals surface area contributed by atoms with Crippen LogP contribution in [0.5, 0.6) is 0 Å². The van der Waals surface area contributed by atoms with Crippen molar-refractivity contribution < 1.29 is 45.4 Å². The highest BCUT2D eigenvalue weighted by Crippen LogP contribution is 2.35. The molecule has 0 spiro atoms. The molecule has 0 radical (unpaired) electrons. The molecular formula is C13H14F6O4. The normalized spacial score (nSPS) is 17.5. The molecule has 0 atom stereocenters. The Morgan fingerprint density at radius 2 is 1.35 bits per heavy atom. The van der Waals surface area contributed by atoms with E-state index >= 15 is 0 Å². The van der Waals surface area contributed by atoms with Crippen LogP contribution in [0.1, 0.15) is 32.1 Å². The number of esters is 2. The zero-order chi connectivity index (χ0) is 17.7. The predicted octanol–water partition coefficient (Wildman–Crippen LogP) is 3.45. The lowest BCUT2D eigenvalue weighted by Gasteiger charge is -2.22. The summed E-state index contributed by atoms with van der Waals surface area (Å²) < 4.78 is 81.3. The van der Waals surface area contributed by atoms with Gasteiger partial charge in [-0.2, -0.15) is 26.3 Å². The van der Waals surface area contributed by atoms with E-state index in [1.807, 2.05) is 0 Å². The first-order valence-electron chi connectivity index (χ1n) is 6.73. The van der Waals surface area contributed by atoms with E-state index in [9.17, 15) is 35.9 Å². The van der Waals surface area contributed by atoms with Crippen LogP contribution in [0.15, 0.2) is 12.2 Å². The molecular weight excluding hydrogens is 334 g/mol. The Hall–Kier alpha value is -1.74. The van der Waals surface area contributed by atoms with Crippen LogP contribution < -0.4 is 0 Å². The molecule has 0 saturated heterocycles. The van der Waals surface area contributed by atoms with Crippen molar-refractivity contribution in [2.24, 2.45) is 0 Å². The van der Waals surface area contributed by atoms with Crippen LogP contribution in [0.4, 0.5) is 26.3 Å². The van der Waals surface area contributed by atoms with Gasteiger partial charge in [-0.05, 0) is 25.7 Å². The lowest BCUT2D eigenvalue weighted by atomic mass is 9.98. The van der Waals surface area contributed by atoms with Crippen LogP contribution in [0.3, 0.4) is 0 Å². The van der Waals surface area contributed by atoms with Gasteiger partial charge in [0, 0.05) is 12.2 Å². The largest absolute Gasteiger partial charge is 0.459 e. The molecule has 0 unspecified atom stereocenters. The fourth-order valence-electron chi connectivity index (χ4n) is 2.00. The molecule has 132 valence electrons. The zero-order valence-electron chi connectivity index (χ0n) is 11.7.